The zero-order valence-corrected chi connectivity index (χ0v) is 7.22. The lowest BCUT2D eigenvalue weighted by Crippen LogP contribution is -1.98. The molecule has 0 saturated heterocycles. The minimum absolute atomic E-state index is 0.757. The summed E-state index contributed by atoms with van der Waals surface area (Å²) < 4.78 is 0. The Hall–Kier alpha value is -0.780. The van der Waals surface area contributed by atoms with Crippen LogP contribution in [0.1, 0.15) is 26.7 Å². The van der Waals surface area contributed by atoms with E-state index in [4.69, 9.17) is 0 Å². The van der Waals surface area contributed by atoms with Gasteiger partial charge in [0.05, 0.1) is 0 Å². The molecule has 0 fully saturated rings. The summed E-state index contributed by atoms with van der Waals surface area (Å²) in [5.74, 6) is 0.757. The molecule has 0 radical (unpaired) electrons. The summed E-state index contributed by atoms with van der Waals surface area (Å²) in [5, 5.41) is 0. The van der Waals surface area contributed by atoms with Gasteiger partial charge in [-0.15, -0.1) is 0 Å². The number of rotatable bonds is 0. The van der Waals surface area contributed by atoms with Crippen LogP contribution in [0.25, 0.3) is 0 Å². The Morgan fingerprint density at radius 2 is 2.27 bits per heavy atom. The van der Waals surface area contributed by atoms with Crippen LogP contribution >= 0.6 is 0 Å². The summed E-state index contributed by atoms with van der Waals surface area (Å²) in [6, 6.07) is 0. The predicted octanol–water partition coefficient (Wildman–Crippen LogP) is 3.23. The van der Waals surface area contributed by atoms with Crippen molar-refractivity contribution in [1.29, 1.82) is 0 Å². The lowest BCUT2D eigenvalue weighted by molar-refractivity contribution is 0.693. The Bertz CT molecular complexity index is 264. The molecule has 0 aromatic heterocycles. The van der Waals surface area contributed by atoms with E-state index in [2.05, 4.69) is 32.1 Å². The average Bonchev–Trinajstić information content (AvgIpc) is 2.27. The van der Waals surface area contributed by atoms with Gasteiger partial charge in [-0.05, 0) is 31.3 Å². The molecule has 2 aliphatic rings. The smallest absolute Gasteiger partial charge is 0.00987 e. The molecule has 0 amide bonds. The summed E-state index contributed by atoms with van der Waals surface area (Å²) in [4.78, 5) is 0. The first-order chi connectivity index (χ1) is 5.25. The predicted molar refractivity (Wildman–Crippen MR) is 48.3 cm³/mol. The van der Waals surface area contributed by atoms with Crippen molar-refractivity contribution in [2.45, 2.75) is 26.7 Å². The van der Waals surface area contributed by atoms with Gasteiger partial charge in [0.2, 0.25) is 0 Å². The quantitative estimate of drug-likeness (QED) is 0.492. The fourth-order valence-electron chi connectivity index (χ4n) is 1.94. The third kappa shape index (κ3) is 1.18. The maximum Gasteiger partial charge on any atom is -0.00987 e. The summed E-state index contributed by atoms with van der Waals surface area (Å²) in [6.07, 6.45) is 9.41. The molecule has 0 nitrogen and oxygen atoms in total. The molecule has 11 heavy (non-hydrogen) atoms. The fraction of sp³-hybridized carbons (Fsp3) is 0.455. The van der Waals surface area contributed by atoms with Gasteiger partial charge in [-0.2, -0.15) is 0 Å². The van der Waals surface area contributed by atoms with E-state index in [1.165, 1.54) is 24.0 Å². The van der Waals surface area contributed by atoms with Crippen molar-refractivity contribution in [2.75, 3.05) is 0 Å². The zero-order chi connectivity index (χ0) is 7.84. The highest BCUT2D eigenvalue weighted by molar-refractivity contribution is 5.47. The minimum atomic E-state index is 0.757. The molecule has 0 heterocycles. The monoisotopic (exact) mass is 146 g/mol. The highest BCUT2D eigenvalue weighted by Gasteiger charge is 2.16. The molecule has 0 spiro atoms. The molecule has 0 aliphatic heterocycles. The summed E-state index contributed by atoms with van der Waals surface area (Å²) in [5.41, 5.74) is 4.66. The van der Waals surface area contributed by atoms with E-state index < -0.39 is 0 Å². The first-order valence-corrected chi connectivity index (χ1v) is 4.33. The molecule has 0 heteroatoms. The third-order valence-electron chi connectivity index (χ3n) is 2.48. The number of hydrogen-bond donors (Lipinski definition) is 0. The lowest BCUT2D eigenvalue weighted by atomic mass is 9.92. The molecular formula is C11H14. The van der Waals surface area contributed by atoms with Gasteiger partial charge in [-0.1, -0.05) is 36.3 Å². The van der Waals surface area contributed by atoms with E-state index in [1.54, 1.807) is 5.57 Å². The van der Waals surface area contributed by atoms with Crippen molar-refractivity contribution in [2.24, 2.45) is 5.92 Å². The number of hydrogen-bond acceptors (Lipinski definition) is 0. The second kappa shape index (κ2) is 2.37. The molecule has 1 atom stereocenters. The minimum Gasteiger partial charge on any atom is -0.0808 e. The largest absolute Gasteiger partial charge is 0.0808 e. The van der Waals surface area contributed by atoms with E-state index in [0.717, 1.165) is 5.92 Å². The van der Waals surface area contributed by atoms with Gasteiger partial charge >= 0.3 is 0 Å². The molecule has 0 aromatic rings. The second-order valence-corrected chi connectivity index (χ2v) is 3.77. The Labute approximate surface area is 68.3 Å². The van der Waals surface area contributed by atoms with Crippen LogP contribution in [0.15, 0.2) is 34.9 Å². The van der Waals surface area contributed by atoms with Gasteiger partial charge < -0.3 is 0 Å². The van der Waals surface area contributed by atoms with Crippen LogP contribution in [0.5, 0.6) is 0 Å². The Morgan fingerprint density at radius 1 is 1.45 bits per heavy atom. The molecule has 0 saturated carbocycles. The highest BCUT2D eigenvalue weighted by atomic mass is 14.2. The van der Waals surface area contributed by atoms with Crippen LogP contribution in [0.3, 0.4) is 0 Å². The van der Waals surface area contributed by atoms with E-state index in [1.807, 2.05) is 0 Å². The third-order valence-corrected chi connectivity index (χ3v) is 2.48. The number of allylic oxidation sites excluding steroid dienone is 6. The van der Waals surface area contributed by atoms with Crippen LogP contribution in [-0.2, 0) is 0 Å². The molecule has 58 valence electrons. The van der Waals surface area contributed by atoms with Gasteiger partial charge in [-0.3, -0.25) is 0 Å². The van der Waals surface area contributed by atoms with E-state index in [-0.39, 0.29) is 0 Å². The summed E-state index contributed by atoms with van der Waals surface area (Å²) in [6.45, 7) is 4.50. The van der Waals surface area contributed by atoms with Crippen LogP contribution in [0, 0.1) is 5.92 Å². The van der Waals surface area contributed by atoms with Gasteiger partial charge in [0, 0.05) is 0 Å². The van der Waals surface area contributed by atoms with Crippen LogP contribution in [0.4, 0.5) is 0 Å². The van der Waals surface area contributed by atoms with Gasteiger partial charge in [0.1, 0.15) is 0 Å². The van der Waals surface area contributed by atoms with E-state index in [0.29, 0.717) is 0 Å². The first-order valence-electron chi connectivity index (χ1n) is 4.33. The molecule has 0 N–H and O–H groups in total. The molecule has 0 aromatic carbocycles. The zero-order valence-electron chi connectivity index (χ0n) is 7.22. The molecule has 0 bridgehead atoms. The van der Waals surface area contributed by atoms with Gasteiger partial charge in [0.25, 0.3) is 0 Å². The SMILES string of the molecule is CC1=CC2=C(C1)CC(C)C=C2. The Balaban J connectivity index is 2.26. The van der Waals surface area contributed by atoms with Crippen LogP contribution < -0.4 is 0 Å². The van der Waals surface area contributed by atoms with Crippen molar-refractivity contribution >= 4 is 0 Å². The van der Waals surface area contributed by atoms with Crippen LogP contribution in [0.2, 0.25) is 0 Å². The molecule has 2 aliphatic carbocycles. The topological polar surface area (TPSA) is 0 Å². The Kier molecular flexibility index (Phi) is 1.49. The standard InChI is InChI=1S/C11H14/c1-8-3-4-10-6-9(2)7-11(10)5-8/h3-4,6,8H,5,7H2,1-2H3. The van der Waals surface area contributed by atoms with Crippen LogP contribution in [-0.4, -0.2) is 0 Å². The maximum absolute atomic E-state index is 2.32. The highest BCUT2D eigenvalue weighted by Crippen LogP contribution is 2.34. The molecule has 1 unspecified atom stereocenters. The van der Waals surface area contributed by atoms with Gasteiger partial charge in [0.15, 0.2) is 0 Å². The van der Waals surface area contributed by atoms with E-state index in [9.17, 15) is 0 Å². The molecule has 2 rings (SSSR count). The lowest BCUT2D eigenvalue weighted by Gasteiger charge is -2.13. The van der Waals surface area contributed by atoms with E-state index >= 15 is 0 Å². The average molecular weight is 146 g/mol. The first kappa shape index (κ1) is 6.90. The van der Waals surface area contributed by atoms with Crippen molar-refractivity contribution < 1.29 is 0 Å². The summed E-state index contributed by atoms with van der Waals surface area (Å²) >= 11 is 0. The second-order valence-electron chi connectivity index (χ2n) is 3.77. The van der Waals surface area contributed by atoms with Gasteiger partial charge in [-0.25, -0.2) is 0 Å². The normalized spacial score (nSPS) is 28.9. The van der Waals surface area contributed by atoms with Crippen molar-refractivity contribution in [3.05, 3.63) is 34.9 Å². The summed E-state index contributed by atoms with van der Waals surface area (Å²) in [7, 11) is 0. The maximum atomic E-state index is 2.32. The van der Waals surface area contributed by atoms with Crippen molar-refractivity contribution in [1.82, 2.24) is 0 Å². The molecular weight excluding hydrogens is 132 g/mol. The fourth-order valence-corrected chi connectivity index (χ4v) is 1.94. The van der Waals surface area contributed by atoms with Crippen molar-refractivity contribution in [3.8, 4) is 0 Å². The van der Waals surface area contributed by atoms with Crippen molar-refractivity contribution in [3.63, 3.8) is 0 Å². The Morgan fingerprint density at radius 3 is 3.09 bits per heavy atom.